The van der Waals surface area contributed by atoms with E-state index in [0.717, 1.165) is 31.8 Å². The fourth-order valence-electron chi connectivity index (χ4n) is 4.20. The lowest BCUT2D eigenvalue weighted by atomic mass is 10.0. The van der Waals surface area contributed by atoms with Crippen molar-refractivity contribution in [1.82, 2.24) is 10.3 Å². The molecule has 3 heterocycles. The first-order valence-electron chi connectivity index (χ1n) is 11.0. The molecule has 2 aromatic carbocycles. The summed E-state index contributed by atoms with van der Waals surface area (Å²) in [4.78, 5) is 4.46. The summed E-state index contributed by atoms with van der Waals surface area (Å²) in [5.41, 5.74) is 6.60. The van der Waals surface area contributed by atoms with E-state index in [1.165, 1.54) is 18.6 Å². The van der Waals surface area contributed by atoms with Gasteiger partial charge in [-0.05, 0) is 56.5 Å². The summed E-state index contributed by atoms with van der Waals surface area (Å²) in [7, 11) is 0. The number of pyridine rings is 1. The van der Waals surface area contributed by atoms with Crippen LogP contribution < -0.4 is 30.0 Å². The number of benzene rings is 2. The van der Waals surface area contributed by atoms with E-state index in [1.54, 1.807) is 18.3 Å². The van der Waals surface area contributed by atoms with E-state index < -0.39 is 5.82 Å². The molecular formula is C24H26FN3O4. The zero-order chi connectivity index (χ0) is 21.9. The van der Waals surface area contributed by atoms with E-state index in [4.69, 9.17) is 24.7 Å². The largest absolute Gasteiger partial charge is 0.489 e. The van der Waals surface area contributed by atoms with Gasteiger partial charge in [-0.2, -0.15) is 0 Å². The Labute approximate surface area is 185 Å². The van der Waals surface area contributed by atoms with Crippen LogP contribution in [0, 0.1) is 11.7 Å². The van der Waals surface area contributed by atoms with Crippen LogP contribution in [-0.4, -0.2) is 37.9 Å². The first kappa shape index (κ1) is 20.6. The molecule has 2 aliphatic heterocycles. The van der Waals surface area contributed by atoms with Gasteiger partial charge in [-0.15, -0.1) is 0 Å². The molecule has 0 spiro atoms. The molecule has 0 radical (unpaired) electrons. The number of ether oxygens (including phenoxy) is 4. The van der Waals surface area contributed by atoms with Gasteiger partial charge >= 0.3 is 0 Å². The Morgan fingerprint density at radius 2 is 1.97 bits per heavy atom. The van der Waals surface area contributed by atoms with Crippen molar-refractivity contribution in [2.24, 2.45) is 5.92 Å². The summed E-state index contributed by atoms with van der Waals surface area (Å²) in [5.74, 6) is 2.29. The van der Waals surface area contributed by atoms with E-state index in [-0.39, 0.29) is 5.75 Å². The van der Waals surface area contributed by atoms with Crippen molar-refractivity contribution in [2.75, 3.05) is 38.6 Å². The van der Waals surface area contributed by atoms with Gasteiger partial charge in [0.05, 0.1) is 17.5 Å². The van der Waals surface area contributed by atoms with Crippen LogP contribution in [-0.2, 0) is 0 Å². The molecule has 1 unspecified atom stereocenters. The lowest BCUT2D eigenvalue weighted by Crippen LogP contribution is -2.17. The second kappa shape index (κ2) is 9.08. The monoisotopic (exact) mass is 439 g/mol. The molecule has 0 bridgehead atoms. The third kappa shape index (κ3) is 4.23. The van der Waals surface area contributed by atoms with Crippen molar-refractivity contribution in [2.45, 2.75) is 19.3 Å². The summed E-state index contributed by atoms with van der Waals surface area (Å²) in [6.45, 7) is 3.59. The van der Waals surface area contributed by atoms with Gasteiger partial charge < -0.3 is 30.0 Å². The second-order valence-corrected chi connectivity index (χ2v) is 8.07. The Morgan fingerprint density at radius 3 is 2.78 bits per heavy atom. The Balaban J connectivity index is 1.43. The van der Waals surface area contributed by atoms with Crippen LogP contribution in [0.2, 0.25) is 0 Å². The van der Waals surface area contributed by atoms with Crippen LogP contribution in [0.5, 0.6) is 28.7 Å². The number of nitrogen functional groups attached to an aromatic ring is 1. The van der Waals surface area contributed by atoms with Crippen LogP contribution in [0.1, 0.15) is 19.3 Å². The first-order valence-corrected chi connectivity index (χ1v) is 11.0. The number of nitrogens with two attached hydrogens (primary N) is 1. The summed E-state index contributed by atoms with van der Waals surface area (Å²) in [6, 6.07) is 7.81. The van der Waals surface area contributed by atoms with Gasteiger partial charge in [-0.1, -0.05) is 0 Å². The zero-order valence-corrected chi connectivity index (χ0v) is 17.7. The number of anilines is 1. The topological polar surface area (TPSA) is 87.9 Å². The number of halogens is 1. The highest BCUT2D eigenvalue weighted by atomic mass is 19.1. The SMILES string of the molecule is Nc1ccc(Oc2ccnc3cc(OCCCC4CCNC4)c4c(c23)OCCO4)c(F)c1. The molecule has 1 aromatic heterocycles. The number of rotatable bonds is 7. The summed E-state index contributed by atoms with van der Waals surface area (Å²) >= 11 is 0. The van der Waals surface area contributed by atoms with Gasteiger partial charge in [0.25, 0.3) is 0 Å². The Kier molecular flexibility index (Phi) is 5.85. The molecular weight excluding hydrogens is 413 g/mol. The minimum Gasteiger partial charge on any atom is -0.489 e. The number of hydrogen-bond donors (Lipinski definition) is 2. The van der Waals surface area contributed by atoms with Crippen molar-refractivity contribution in [1.29, 1.82) is 0 Å². The summed E-state index contributed by atoms with van der Waals surface area (Å²) in [5, 5.41) is 4.01. The van der Waals surface area contributed by atoms with Gasteiger partial charge in [-0.25, -0.2) is 4.39 Å². The van der Waals surface area contributed by atoms with Crippen molar-refractivity contribution in [3.8, 4) is 28.7 Å². The van der Waals surface area contributed by atoms with Gasteiger partial charge in [0.1, 0.15) is 19.0 Å². The summed E-state index contributed by atoms with van der Waals surface area (Å²) in [6.07, 6.45) is 4.93. The van der Waals surface area contributed by atoms with Crippen LogP contribution in [0.3, 0.4) is 0 Å². The quantitative estimate of drug-likeness (QED) is 0.419. The van der Waals surface area contributed by atoms with Crippen LogP contribution in [0.15, 0.2) is 36.5 Å². The average Bonchev–Trinajstić information content (AvgIpc) is 3.32. The average molecular weight is 439 g/mol. The molecule has 8 heteroatoms. The smallest absolute Gasteiger partial charge is 0.204 e. The van der Waals surface area contributed by atoms with Crippen molar-refractivity contribution >= 4 is 16.6 Å². The highest BCUT2D eigenvalue weighted by Gasteiger charge is 2.25. The Hall–Kier alpha value is -3.26. The van der Waals surface area contributed by atoms with Gasteiger partial charge in [0.2, 0.25) is 5.75 Å². The zero-order valence-electron chi connectivity index (χ0n) is 17.7. The molecule has 1 saturated heterocycles. The van der Waals surface area contributed by atoms with E-state index in [1.807, 2.05) is 6.07 Å². The van der Waals surface area contributed by atoms with E-state index >= 15 is 0 Å². The third-order valence-electron chi connectivity index (χ3n) is 5.80. The number of nitrogens with one attached hydrogen (secondary N) is 1. The number of fused-ring (bicyclic) bond motifs is 3. The fraction of sp³-hybridized carbons (Fsp3) is 0.375. The maximum Gasteiger partial charge on any atom is 0.204 e. The van der Waals surface area contributed by atoms with Crippen LogP contribution in [0.25, 0.3) is 10.9 Å². The van der Waals surface area contributed by atoms with E-state index in [2.05, 4.69) is 10.3 Å². The predicted molar refractivity (Wildman–Crippen MR) is 119 cm³/mol. The van der Waals surface area contributed by atoms with Gasteiger partial charge in [0, 0.05) is 24.0 Å². The first-order chi connectivity index (χ1) is 15.7. The number of hydrogen-bond acceptors (Lipinski definition) is 7. The number of nitrogens with zero attached hydrogens (tertiary/aromatic N) is 1. The maximum absolute atomic E-state index is 14.3. The lowest BCUT2D eigenvalue weighted by Gasteiger charge is -2.23. The van der Waals surface area contributed by atoms with E-state index in [9.17, 15) is 4.39 Å². The third-order valence-corrected chi connectivity index (χ3v) is 5.80. The van der Waals surface area contributed by atoms with Crippen LogP contribution >= 0.6 is 0 Å². The molecule has 1 atom stereocenters. The van der Waals surface area contributed by atoms with Crippen molar-refractivity contribution in [3.63, 3.8) is 0 Å². The molecule has 32 heavy (non-hydrogen) atoms. The highest BCUT2D eigenvalue weighted by Crippen LogP contribution is 2.48. The number of aromatic nitrogens is 1. The van der Waals surface area contributed by atoms with Gasteiger partial charge in [0.15, 0.2) is 23.1 Å². The predicted octanol–water partition coefficient (Wildman–Crippen LogP) is 4.29. The normalized spacial score (nSPS) is 17.5. The minimum absolute atomic E-state index is 0.0684. The standard InChI is InChI=1S/C24H26FN3O4/c25-17-12-16(26)3-4-19(17)32-20-6-8-28-18-13-21(23-24(22(18)20)31-11-10-30-23)29-9-1-2-15-5-7-27-14-15/h3-4,6,8,12-13,15,27H,1-2,5,7,9-11,14,26H2. The molecule has 0 saturated carbocycles. The molecule has 0 aliphatic carbocycles. The van der Waals surface area contributed by atoms with E-state index in [0.29, 0.717) is 59.4 Å². The van der Waals surface area contributed by atoms with Crippen molar-refractivity contribution < 1.29 is 23.3 Å². The molecule has 1 fully saturated rings. The Bertz CT molecular complexity index is 1120. The summed E-state index contributed by atoms with van der Waals surface area (Å²) < 4.78 is 38.1. The van der Waals surface area contributed by atoms with Gasteiger partial charge in [-0.3, -0.25) is 4.98 Å². The fourth-order valence-corrected chi connectivity index (χ4v) is 4.20. The minimum atomic E-state index is -0.543. The molecule has 5 rings (SSSR count). The molecule has 3 aromatic rings. The lowest BCUT2D eigenvalue weighted by molar-refractivity contribution is 0.163. The maximum atomic E-state index is 14.3. The van der Waals surface area contributed by atoms with Crippen molar-refractivity contribution in [3.05, 3.63) is 42.3 Å². The molecule has 7 nitrogen and oxygen atoms in total. The second-order valence-electron chi connectivity index (χ2n) is 8.07. The molecule has 3 N–H and O–H groups in total. The molecule has 2 aliphatic rings. The molecule has 168 valence electrons. The molecule has 0 amide bonds. The van der Waals surface area contributed by atoms with Crippen LogP contribution in [0.4, 0.5) is 10.1 Å². The Morgan fingerprint density at radius 1 is 1.09 bits per heavy atom. The highest BCUT2D eigenvalue weighted by molar-refractivity contribution is 5.95.